The molecule has 136 valence electrons. The fourth-order valence-corrected chi connectivity index (χ4v) is 4.49. The molecule has 1 aliphatic heterocycles. The van der Waals surface area contributed by atoms with E-state index < -0.39 is 0 Å². The Hall–Kier alpha value is -1.97. The maximum atomic E-state index is 12.5. The predicted octanol–water partition coefficient (Wildman–Crippen LogP) is 3.95. The number of ketones is 1. The lowest BCUT2D eigenvalue weighted by molar-refractivity contribution is 0.0930. The molecule has 3 heteroatoms. The number of rotatable bonds is 4. The molecular formula is C23H28N2O. The highest BCUT2D eigenvalue weighted by atomic mass is 16.1. The Labute approximate surface area is 156 Å². The first kappa shape index (κ1) is 17.4. The molecule has 1 saturated heterocycles. The van der Waals surface area contributed by atoms with Crippen LogP contribution in [-0.4, -0.2) is 48.3 Å². The van der Waals surface area contributed by atoms with Crippen molar-refractivity contribution in [3.05, 3.63) is 71.3 Å². The van der Waals surface area contributed by atoms with Gasteiger partial charge < -0.3 is 0 Å². The smallest absolute Gasteiger partial charge is 0.176 e. The molecule has 0 N–H and O–H groups in total. The van der Waals surface area contributed by atoms with E-state index in [1.165, 1.54) is 30.4 Å². The molecule has 1 fully saturated rings. The normalized spacial score (nSPS) is 21.8. The number of aryl methyl sites for hydroxylation is 1. The number of benzene rings is 2. The van der Waals surface area contributed by atoms with Gasteiger partial charge in [-0.3, -0.25) is 14.6 Å². The molecule has 1 heterocycles. The molecule has 26 heavy (non-hydrogen) atoms. The van der Waals surface area contributed by atoms with Gasteiger partial charge in [-0.25, -0.2) is 0 Å². The predicted molar refractivity (Wildman–Crippen MR) is 106 cm³/mol. The van der Waals surface area contributed by atoms with Crippen molar-refractivity contribution >= 4 is 5.78 Å². The lowest BCUT2D eigenvalue weighted by Gasteiger charge is -2.35. The van der Waals surface area contributed by atoms with E-state index in [2.05, 4.69) is 34.1 Å². The number of carbonyl (C=O) groups is 1. The summed E-state index contributed by atoms with van der Waals surface area (Å²) >= 11 is 0. The van der Waals surface area contributed by atoms with Crippen LogP contribution in [-0.2, 0) is 6.42 Å². The van der Waals surface area contributed by atoms with Crippen LogP contribution < -0.4 is 0 Å². The van der Waals surface area contributed by atoms with Gasteiger partial charge in [-0.05, 0) is 43.4 Å². The van der Waals surface area contributed by atoms with Crippen LogP contribution in [0.4, 0.5) is 0 Å². The minimum Gasteiger partial charge on any atom is -0.295 e. The average molecular weight is 348 g/mol. The molecule has 0 bridgehead atoms. The molecule has 0 spiro atoms. The second-order valence-electron chi connectivity index (χ2n) is 7.56. The van der Waals surface area contributed by atoms with Gasteiger partial charge in [-0.2, -0.15) is 0 Å². The van der Waals surface area contributed by atoms with Crippen molar-refractivity contribution in [2.45, 2.75) is 31.7 Å². The van der Waals surface area contributed by atoms with Gasteiger partial charge in [0.15, 0.2) is 5.78 Å². The standard InChI is InChI=1S/C23H28N2O/c26-23(20-9-2-1-3-10-20)18-24-14-7-15-25(17-16-24)22-13-6-11-19-8-4-5-12-21(19)22/h1-5,8-10,12,22H,6-7,11,13-18H2. The van der Waals surface area contributed by atoms with Crippen LogP contribution in [0.25, 0.3) is 0 Å². The number of hydrogen-bond donors (Lipinski definition) is 0. The second-order valence-corrected chi connectivity index (χ2v) is 7.56. The molecule has 2 aliphatic rings. The summed E-state index contributed by atoms with van der Waals surface area (Å²) in [5.74, 6) is 0.238. The Balaban J connectivity index is 1.39. The summed E-state index contributed by atoms with van der Waals surface area (Å²) in [5.41, 5.74) is 3.89. The molecule has 2 aromatic rings. The van der Waals surface area contributed by atoms with E-state index in [0.717, 1.165) is 38.2 Å². The largest absolute Gasteiger partial charge is 0.295 e. The van der Waals surface area contributed by atoms with E-state index in [9.17, 15) is 4.79 Å². The lowest BCUT2D eigenvalue weighted by atomic mass is 9.87. The number of hydrogen-bond acceptors (Lipinski definition) is 3. The summed E-state index contributed by atoms with van der Waals surface area (Å²) in [7, 11) is 0. The van der Waals surface area contributed by atoms with Crippen LogP contribution in [0.3, 0.4) is 0 Å². The minimum absolute atomic E-state index is 0.238. The highest BCUT2D eigenvalue weighted by Gasteiger charge is 2.27. The van der Waals surface area contributed by atoms with Crippen LogP contribution in [0, 0.1) is 0 Å². The zero-order valence-corrected chi connectivity index (χ0v) is 15.4. The van der Waals surface area contributed by atoms with Crippen molar-refractivity contribution in [3.63, 3.8) is 0 Å². The van der Waals surface area contributed by atoms with Gasteiger partial charge in [0.05, 0.1) is 6.54 Å². The summed E-state index contributed by atoms with van der Waals surface area (Å²) in [6, 6.07) is 19.2. The van der Waals surface area contributed by atoms with Crippen LogP contribution in [0.2, 0.25) is 0 Å². The molecule has 0 amide bonds. The summed E-state index contributed by atoms with van der Waals surface area (Å²) in [6.45, 7) is 4.73. The first-order valence-corrected chi connectivity index (χ1v) is 9.94. The molecule has 4 rings (SSSR count). The molecule has 1 atom stereocenters. The number of carbonyl (C=O) groups excluding carboxylic acids is 1. The Morgan fingerprint density at radius 2 is 1.69 bits per heavy atom. The monoisotopic (exact) mass is 348 g/mol. The fourth-order valence-electron chi connectivity index (χ4n) is 4.49. The van der Waals surface area contributed by atoms with Crippen molar-refractivity contribution in [2.24, 2.45) is 0 Å². The first-order chi connectivity index (χ1) is 12.8. The Morgan fingerprint density at radius 1 is 0.885 bits per heavy atom. The van der Waals surface area contributed by atoms with E-state index in [0.29, 0.717) is 12.6 Å². The van der Waals surface area contributed by atoms with E-state index >= 15 is 0 Å². The first-order valence-electron chi connectivity index (χ1n) is 9.94. The molecule has 1 unspecified atom stereocenters. The van der Waals surface area contributed by atoms with Crippen LogP contribution in [0.1, 0.15) is 46.8 Å². The van der Waals surface area contributed by atoms with Crippen molar-refractivity contribution in [3.8, 4) is 0 Å². The summed E-state index contributed by atoms with van der Waals surface area (Å²) < 4.78 is 0. The zero-order valence-electron chi connectivity index (χ0n) is 15.4. The second kappa shape index (κ2) is 8.15. The molecule has 1 aliphatic carbocycles. The number of nitrogens with zero attached hydrogens (tertiary/aromatic N) is 2. The van der Waals surface area contributed by atoms with Gasteiger partial charge in [0.25, 0.3) is 0 Å². The average Bonchev–Trinajstić information content (AvgIpc) is 2.94. The molecule has 0 radical (unpaired) electrons. The minimum atomic E-state index is 0.238. The summed E-state index contributed by atoms with van der Waals surface area (Å²) in [6.07, 6.45) is 4.91. The number of Topliss-reactive ketones (excluding diaryl/α,β-unsaturated/α-hetero) is 1. The van der Waals surface area contributed by atoms with Gasteiger partial charge in [0.1, 0.15) is 0 Å². The third-order valence-electron chi connectivity index (χ3n) is 5.86. The molecule has 0 aromatic heterocycles. The van der Waals surface area contributed by atoms with Crippen molar-refractivity contribution in [1.29, 1.82) is 0 Å². The highest BCUT2D eigenvalue weighted by molar-refractivity contribution is 5.97. The van der Waals surface area contributed by atoms with Crippen LogP contribution in [0.5, 0.6) is 0 Å². The van der Waals surface area contributed by atoms with Crippen LogP contribution in [0.15, 0.2) is 54.6 Å². The van der Waals surface area contributed by atoms with Gasteiger partial charge in [-0.15, -0.1) is 0 Å². The quantitative estimate of drug-likeness (QED) is 0.782. The maximum Gasteiger partial charge on any atom is 0.176 e. The zero-order chi connectivity index (χ0) is 17.8. The van der Waals surface area contributed by atoms with Gasteiger partial charge in [-0.1, -0.05) is 54.6 Å². The molecule has 2 aromatic carbocycles. The van der Waals surface area contributed by atoms with Crippen molar-refractivity contribution < 1.29 is 4.79 Å². The Bertz CT molecular complexity index is 743. The van der Waals surface area contributed by atoms with Crippen LogP contribution >= 0.6 is 0 Å². The third kappa shape index (κ3) is 3.89. The summed E-state index contributed by atoms with van der Waals surface area (Å²) in [4.78, 5) is 17.5. The van der Waals surface area contributed by atoms with E-state index in [1.54, 1.807) is 0 Å². The SMILES string of the molecule is O=C(CN1CCCN(C2CCCc3ccccc32)CC1)c1ccccc1. The Kier molecular flexibility index (Phi) is 5.47. The topological polar surface area (TPSA) is 23.6 Å². The third-order valence-corrected chi connectivity index (χ3v) is 5.86. The van der Waals surface area contributed by atoms with Crippen molar-refractivity contribution in [1.82, 2.24) is 9.80 Å². The number of fused-ring (bicyclic) bond motifs is 1. The Morgan fingerprint density at radius 3 is 2.58 bits per heavy atom. The van der Waals surface area contributed by atoms with Gasteiger partial charge >= 0.3 is 0 Å². The van der Waals surface area contributed by atoms with E-state index in [-0.39, 0.29) is 5.78 Å². The highest BCUT2D eigenvalue weighted by Crippen LogP contribution is 2.34. The summed E-state index contributed by atoms with van der Waals surface area (Å²) in [5, 5.41) is 0. The van der Waals surface area contributed by atoms with E-state index in [4.69, 9.17) is 0 Å². The molecular weight excluding hydrogens is 320 g/mol. The van der Waals surface area contributed by atoms with Crippen molar-refractivity contribution in [2.75, 3.05) is 32.7 Å². The van der Waals surface area contributed by atoms with E-state index in [1.807, 2.05) is 30.3 Å². The maximum absolute atomic E-state index is 12.5. The molecule has 0 saturated carbocycles. The van der Waals surface area contributed by atoms with Gasteiger partial charge in [0, 0.05) is 31.2 Å². The lowest BCUT2D eigenvalue weighted by Crippen LogP contribution is -2.36. The fraction of sp³-hybridized carbons (Fsp3) is 0.435. The molecule has 3 nitrogen and oxygen atoms in total. The van der Waals surface area contributed by atoms with Gasteiger partial charge in [0.2, 0.25) is 0 Å².